The van der Waals surface area contributed by atoms with E-state index in [-0.39, 0.29) is 5.91 Å². The zero-order valence-electron chi connectivity index (χ0n) is 10.9. The highest BCUT2D eigenvalue weighted by atomic mass is 16.2. The van der Waals surface area contributed by atoms with E-state index in [4.69, 9.17) is 0 Å². The van der Waals surface area contributed by atoms with E-state index in [0.29, 0.717) is 12.5 Å². The van der Waals surface area contributed by atoms with Crippen molar-refractivity contribution in [3.8, 4) is 0 Å². The van der Waals surface area contributed by atoms with E-state index in [2.05, 4.69) is 10.3 Å². The Morgan fingerprint density at radius 2 is 2.44 bits per heavy atom. The molecule has 1 aromatic heterocycles. The van der Waals surface area contributed by atoms with Crippen molar-refractivity contribution in [3.05, 3.63) is 30.1 Å². The van der Waals surface area contributed by atoms with Gasteiger partial charge in [0.2, 0.25) is 5.91 Å². The minimum atomic E-state index is 0.217. The molecular formula is C14H21N3O. The summed E-state index contributed by atoms with van der Waals surface area (Å²) < 4.78 is 0. The molecule has 1 N–H and O–H groups in total. The van der Waals surface area contributed by atoms with Gasteiger partial charge in [-0.1, -0.05) is 6.07 Å². The number of aryl methyl sites for hydroxylation is 1. The van der Waals surface area contributed by atoms with Crippen molar-refractivity contribution in [1.29, 1.82) is 0 Å². The van der Waals surface area contributed by atoms with Crippen LogP contribution in [0, 0.1) is 0 Å². The van der Waals surface area contributed by atoms with Crippen LogP contribution in [-0.4, -0.2) is 42.0 Å². The molecular weight excluding hydrogens is 226 g/mol. The molecule has 0 bridgehead atoms. The lowest BCUT2D eigenvalue weighted by Gasteiger charge is -2.31. The molecule has 1 unspecified atom stereocenters. The lowest BCUT2D eigenvalue weighted by atomic mass is 10.1. The van der Waals surface area contributed by atoms with Crippen LogP contribution in [-0.2, 0) is 11.2 Å². The Kier molecular flexibility index (Phi) is 4.70. The van der Waals surface area contributed by atoms with Gasteiger partial charge in [-0.05, 0) is 37.9 Å². The van der Waals surface area contributed by atoms with Gasteiger partial charge in [-0.15, -0.1) is 0 Å². The van der Waals surface area contributed by atoms with Gasteiger partial charge in [0.05, 0.1) is 0 Å². The average Bonchev–Trinajstić information content (AvgIpc) is 2.46. The Hall–Kier alpha value is -1.42. The second-order valence-electron chi connectivity index (χ2n) is 4.83. The lowest BCUT2D eigenvalue weighted by molar-refractivity contribution is -0.132. The smallest absolute Gasteiger partial charge is 0.222 e. The van der Waals surface area contributed by atoms with Crippen LogP contribution in [0.25, 0.3) is 0 Å². The van der Waals surface area contributed by atoms with Gasteiger partial charge in [-0.2, -0.15) is 0 Å². The molecule has 1 saturated heterocycles. The highest BCUT2D eigenvalue weighted by Crippen LogP contribution is 2.10. The second-order valence-corrected chi connectivity index (χ2v) is 4.83. The summed E-state index contributed by atoms with van der Waals surface area (Å²) in [6.45, 7) is 2.00. The van der Waals surface area contributed by atoms with E-state index in [1.165, 1.54) is 0 Å². The van der Waals surface area contributed by atoms with Crippen molar-refractivity contribution in [2.24, 2.45) is 0 Å². The van der Waals surface area contributed by atoms with Crippen LogP contribution in [0.15, 0.2) is 24.4 Å². The summed E-state index contributed by atoms with van der Waals surface area (Å²) in [5, 5.41) is 3.34. The molecule has 0 saturated carbocycles. The number of hydrogen-bond donors (Lipinski definition) is 1. The van der Waals surface area contributed by atoms with Crippen molar-refractivity contribution in [2.45, 2.75) is 31.7 Å². The van der Waals surface area contributed by atoms with Gasteiger partial charge in [0.1, 0.15) is 0 Å². The van der Waals surface area contributed by atoms with Gasteiger partial charge in [0.15, 0.2) is 0 Å². The van der Waals surface area contributed by atoms with Crippen LogP contribution < -0.4 is 5.32 Å². The van der Waals surface area contributed by atoms with Gasteiger partial charge in [0, 0.05) is 37.9 Å². The minimum Gasteiger partial charge on any atom is -0.341 e. The molecule has 0 aromatic carbocycles. The number of carbonyl (C=O) groups excluding carboxylic acids is 1. The third-order valence-electron chi connectivity index (χ3n) is 3.53. The van der Waals surface area contributed by atoms with E-state index in [9.17, 15) is 4.79 Å². The molecule has 18 heavy (non-hydrogen) atoms. The average molecular weight is 247 g/mol. The van der Waals surface area contributed by atoms with Crippen molar-refractivity contribution in [3.63, 3.8) is 0 Å². The number of pyridine rings is 1. The van der Waals surface area contributed by atoms with Crippen LogP contribution >= 0.6 is 0 Å². The van der Waals surface area contributed by atoms with Gasteiger partial charge in [-0.25, -0.2) is 0 Å². The van der Waals surface area contributed by atoms with Crippen molar-refractivity contribution in [2.75, 3.05) is 20.1 Å². The summed E-state index contributed by atoms with van der Waals surface area (Å²) in [5.74, 6) is 0.217. The minimum absolute atomic E-state index is 0.217. The van der Waals surface area contributed by atoms with Crippen LogP contribution in [0.5, 0.6) is 0 Å². The van der Waals surface area contributed by atoms with Crippen LogP contribution in [0.3, 0.4) is 0 Å². The highest BCUT2D eigenvalue weighted by Gasteiger charge is 2.21. The van der Waals surface area contributed by atoms with Crippen molar-refractivity contribution < 1.29 is 4.79 Å². The largest absolute Gasteiger partial charge is 0.341 e. The monoisotopic (exact) mass is 247 g/mol. The maximum Gasteiger partial charge on any atom is 0.222 e. The number of likely N-dealkylation sites (N-methyl/N-ethyl adjacent to an activating group) is 1. The standard InChI is InChI=1S/C14H21N3O/c1-17(13-6-4-9-15-11-13)14(18)8-7-12-5-2-3-10-16-12/h2-3,5,10,13,15H,4,6-9,11H2,1H3. The third kappa shape index (κ3) is 3.53. The molecule has 1 aromatic rings. The Morgan fingerprint density at radius 1 is 1.56 bits per heavy atom. The molecule has 1 amide bonds. The second kappa shape index (κ2) is 6.50. The number of carbonyl (C=O) groups is 1. The summed E-state index contributed by atoms with van der Waals surface area (Å²) >= 11 is 0. The Bertz CT molecular complexity index is 374. The van der Waals surface area contributed by atoms with E-state index >= 15 is 0 Å². The number of rotatable bonds is 4. The van der Waals surface area contributed by atoms with Gasteiger partial charge in [0.25, 0.3) is 0 Å². The number of aromatic nitrogens is 1. The zero-order chi connectivity index (χ0) is 12.8. The van der Waals surface area contributed by atoms with Gasteiger partial charge < -0.3 is 10.2 Å². The predicted octanol–water partition coefficient (Wildman–Crippen LogP) is 1.22. The SMILES string of the molecule is CN(C(=O)CCc1ccccn1)C1CCCNC1. The normalized spacial score (nSPS) is 19.5. The molecule has 0 spiro atoms. The van der Waals surface area contributed by atoms with Crippen molar-refractivity contribution in [1.82, 2.24) is 15.2 Å². The third-order valence-corrected chi connectivity index (χ3v) is 3.53. The summed E-state index contributed by atoms with van der Waals surface area (Å²) in [6, 6.07) is 6.18. The van der Waals surface area contributed by atoms with Crippen LogP contribution in [0.2, 0.25) is 0 Å². The summed E-state index contributed by atoms with van der Waals surface area (Å²) in [6.07, 6.45) is 5.31. The van der Waals surface area contributed by atoms with Crippen LogP contribution in [0.1, 0.15) is 25.0 Å². The first-order valence-electron chi connectivity index (χ1n) is 6.63. The van der Waals surface area contributed by atoms with Gasteiger partial charge in [-0.3, -0.25) is 9.78 Å². The first-order chi connectivity index (χ1) is 8.77. The highest BCUT2D eigenvalue weighted by molar-refractivity contribution is 5.76. The fraction of sp³-hybridized carbons (Fsp3) is 0.571. The first kappa shape index (κ1) is 13.0. The molecule has 0 radical (unpaired) electrons. The molecule has 2 heterocycles. The quantitative estimate of drug-likeness (QED) is 0.870. The molecule has 2 rings (SSSR count). The zero-order valence-corrected chi connectivity index (χ0v) is 10.9. The number of nitrogens with zero attached hydrogens (tertiary/aromatic N) is 2. The molecule has 1 aliphatic rings. The Morgan fingerprint density at radius 3 is 3.11 bits per heavy atom. The van der Waals surface area contributed by atoms with Gasteiger partial charge >= 0.3 is 0 Å². The molecule has 1 atom stereocenters. The number of piperidine rings is 1. The number of hydrogen-bond acceptors (Lipinski definition) is 3. The van der Waals surface area contributed by atoms with Crippen molar-refractivity contribution >= 4 is 5.91 Å². The molecule has 1 fully saturated rings. The number of nitrogens with one attached hydrogen (secondary N) is 1. The molecule has 4 heteroatoms. The molecule has 0 aliphatic carbocycles. The Labute approximate surface area is 108 Å². The van der Waals surface area contributed by atoms with E-state index in [1.807, 2.05) is 30.1 Å². The summed E-state index contributed by atoms with van der Waals surface area (Å²) in [4.78, 5) is 18.2. The Balaban J connectivity index is 1.80. The van der Waals surface area contributed by atoms with Crippen LogP contribution in [0.4, 0.5) is 0 Å². The first-order valence-corrected chi connectivity index (χ1v) is 6.63. The predicted molar refractivity (Wildman–Crippen MR) is 71.2 cm³/mol. The molecule has 98 valence electrons. The maximum atomic E-state index is 12.1. The summed E-state index contributed by atoms with van der Waals surface area (Å²) in [5.41, 5.74) is 0.987. The van der Waals surface area contributed by atoms with E-state index in [1.54, 1.807) is 6.20 Å². The number of amides is 1. The van der Waals surface area contributed by atoms with E-state index in [0.717, 1.165) is 38.0 Å². The molecule has 1 aliphatic heterocycles. The fourth-order valence-corrected chi connectivity index (χ4v) is 2.33. The lowest BCUT2D eigenvalue weighted by Crippen LogP contribution is -2.46. The molecule has 4 nitrogen and oxygen atoms in total. The summed E-state index contributed by atoms with van der Waals surface area (Å²) in [7, 11) is 1.92. The maximum absolute atomic E-state index is 12.1. The topological polar surface area (TPSA) is 45.2 Å². The van der Waals surface area contributed by atoms with E-state index < -0.39 is 0 Å². The fourth-order valence-electron chi connectivity index (χ4n) is 2.33.